The zero-order chi connectivity index (χ0) is 9.52. The Morgan fingerprint density at radius 1 is 1.29 bits per heavy atom. The number of rotatable bonds is 5. The number of nitrogens with one attached hydrogen (secondary N) is 1. The maximum atomic E-state index is 10.2. The van der Waals surface area contributed by atoms with Gasteiger partial charge in [0.2, 0.25) is 0 Å². The summed E-state index contributed by atoms with van der Waals surface area (Å²) in [6.07, 6.45) is 0.879. The number of para-hydroxylation sites is 1. The van der Waals surface area contributed by atoms with Gasteiger partial charge in [0.05, 0.1) is 0 Å². The molecule has 1 aromatic rings. The number of carboxylic acids is 1. The number of hydrogen-bond donors (Lipinski definition) is 2. The number of hydrogen-bond acceptors (Lipinski definition) is 2. The van der Waals surface area contributed by atoms with Crippen molar-refractivity contribution in [2.75, 3.05) is 11.9 Å². The quantitative estimate of drug-likeness (QED) is 0.560. The van der Waals surface area contributed by atoms with Gasteiger partial charge in [-0.2, -0.15) is 0 Å². The Bertz CT molecular complexity index is 264. The Morgan fingerprint density at radius 3 is 2.50 bits per heavy atom. The van der Waals surface area contributed by atoms with Crippen LogP contribution < -0.4 is 5.32 Å². The minimum absolute atomic E-state index is 0. The average Bonchev–Trinajstić information content (AvgIpc) is 2.14. The average molecular weight is 203 g/mol. The summed E-state index contributed by atoms with van der Waals surface area (Å²) >= 11 is 0. The molecule has 0 aromatic heterocycles. The van der Waals surface area contributed by atoms with Crippen LogP contribution in [0.1, 0.15) is 12.8 Å². The molecule has 4 heteroatoms. The first-order chi connectivity index (χ1) is 6.29. The normalized spacial score (nSPS) is 8.86. The van der Waals surface area contributed by atoms with Crippen LogP contribution >= 0.6 is 0 Å². The van der Waals surface area contributed by atoms with Gasteiger partial charge < -0.3 is 10.4 Å². The second-order valence-corrected chi connectivity index (χ2v) is 2.79. The van der Waals surface area contributed by atoms with Crippen LogP contribution in [0.3, 0.4) is 0 Å². The van der Waals surface area contributed by atoms with Crippen LogP contribution in [0.4, 0.5) is 5.69 Å². The van der Waals surface area contributed by atoms with Crippen molar-refractivity contribution < 1.29 is 9.90 Å². The number of carbonyl (C=O) groups is 1. The molecule has 2 N–H and O–H groups in total. The SMILES string of the molecule is O=C(O)CCCNc1ccccc1.[NaH]. The molecule has 3 nitrogen and oxygen atoms in total. The Hall–Kier alpha value is -0.510. The molecule has 0 bridgehead atoms. The summed E-state index contributed by atoms with van der Waals surface area (Å²) in [5.41, 5.74) is 1.04. The first-order valence-electron chi connectivity index (χ1n) is 4.30. The zero-order valence-corrected chi connectivity index (χ0v) is 7.36. The van der Waals surface area contributed by atoms with E-state index in [1.54, 1.807) is 0 Å². The molecule has 0 amide bonds. The Labute approximate surface area is 106 Å². The molecule has 0 unspecified atom stereocenters. The van der Waals surface area contributed by atoms with Crippen molar-refractivity contribution in [3.05, 3.63) is 30.3 Å². The molecule has 72 valence electrons. The summed E-state index contributed by atoms with van der Waals surface area (Å²) in [6.45, 7) is 0.705. The first kappa shape index (κ1) is 13.5. The Kier molecular flexibility index (Phi) is 7.57. The van der Waals surface area contributed by atoms with E-state index in [0.29, 0.717) is 13.0 Å². The van der Waals surface area contributed by atoms with Gasteiger partial charge >= 0.3 is 35.5 Å². The van der Waals surface area contributed by atoms with Crippen LogP contribution in [-0.2, 0) is 4.79 Å². The number of carboxylic acid groups (broad SMARTS) is 1. The summed E-state index contributed by atoms with van der Waals surface area (Å²) in [5.74, 6) is -0.741. The monoisotopic (exact) mass is 203 g/mol. The molecule has 0 saturated carbocycles. The molecule has 0 aliphatic carbocycles. The van der Waals surface area contributed by atoms with E-state index in [2.05, 4.69) is 5.32 Å². The number of benzene rings is 1. The summed E-state index contributed by atoms with van der Waals surface area (Å²) in [4.78, 5) is 10.2. The first-order valence-corrected chi connectivity index (χ1v) is 4.30. The predicted octanol–water partition coefficient (Wildman–Crippen LogP) is 1.31. The molecule has 0 spiro atoms. The number of anilines is 1. The second kappa shape index (κ2) is 7.85. The van der Waals surface area contributed by atoms with Crippen molar-refractivity contribution in [2.24, 2.45) is 0 Å². The van der Waals surface area contributed by atoms with E-state index >= 15 is 0 Å². The van der Waals surface area contributed by atoms with E-state index in [1.165, 1.54) is 0 Å². The van der Waals surface area contributed by atoms with Gasteiger partial charge in [0.15, 0.2) is 0 Å². The molecular formula is C10H14NNaO2. The summed E-state index contributed by atoms with van der Waals surface area (Å²) in [5, 5.41) is 11.5. The van der Waals surface area contributed by atoms with Crippen LogP contribution in [0.25, 0.3) is 0 Å². The van der Waals surface area contributed by atoms with Gasteiger partial charge in [0.25, 0.3) is 0 Å². The molecule has 0 atom stereocenters. The van der Waals surface area contributed by atoms with Crippen LogP contribution in [0, 0.1) is 0 Å². The molecule has 0 heterocycles. The molecular weight excluding hydrogens is 189 g/mol. The number of aliphatic carboxylic acids is 1. The summed E-state index contributed by atoms with van der Waals surface area (Å²) in [6, 6.07) is 9.75. The molecule has 1 aromatic carbocycles. The van der Waals surface area contributed by atoms with Crippen molar-refractivity contribution in [2.45, 2.75) is 12.8 Å². The molecule has 1 rings (SSSR count). The van der Waals surface area contributed by atoms with E-state index in [1.807, 2.05) is 30.3 Å². The third-order valence-corrected chi connectivity index (χ3v) is 1.67. The topological polar surface area (TPSA) is 49.3 Å². The fourth-order valence-electron chi connectivity index (χ4n) is 1.03. The predicted molar refractivity (Wildman–Crippen MR) is 59.0 cm³/mol. The van der Waals surface area contributed by atoms with Crippen LogP contribution in [0.2, 0.25) is 0 Å². The maximum absolute atomic E-state index is 10.2. The Balaban J connectivity index is 0.00000169. The fourth-order valence-corrected chi connectivity index (χ4v) is 1.03. The van der Waals surface area contributed by atoms with Crippen LogP contribution in [-0.4, -0.2) is 47.2 Å². The molecule has 0 aliphatic rings. The van der Waals surface area contributed by atoms with E-state index in [9.17, 15) is 4.79 Å². The van der Waals surface area contributed by atoms with Gasteiger partial charge in [0.1, 0.15) is 0 Å². The van der Waals surface area contributed by atoms with E-state index in [0.717, 1.165) is 5.69 Å². The van der Waals surface area contributed by atoms with Gasteiger partial charge in [0, 0.05) is 18.7 Å². The zero-order valence-electron chi connectivity index (χ0n) is 7.36. The second-order valence-electron chi connectivity index (χ2n) is 2.79. The van der Waals surface area contributed by atoms with E-state index in [4.69, 9.17) is 5.11 Å². The van der Waals surface area contributed by atoms with E-state index in [-0.39, 0.29) is 36.0 Å². The molecule has 14 heavy (non-hydrogen) atoms. The van der Waals surface area contributed by atoms with Gasteiger partial charge in [-0.25, -0.2) is 0 Å². The molecule has 0 radical (unpaired) electrons. The fraction of sp³-hybridized carbons (Fsp3) is 0.300. The standard InChI is InChI=1S/C10H13NO2.Na.H/c12-10(13)7-4-8-11-9-5-2-1-3-6-9;;/h1-3,5-6,11H,4,7-8H2,(H,12,13);;. The van der Waals surface area contributed by atoms with Crippen molar-refractivity contribution in [3.8, 4) is 0 Å². The van der Waals surface area contributed by atoms with Crippen molar-refractivity contribution >= 4 is 41.2 Å². The summed E-state index contributed by atoms with van der Waals surface area (Å²) < 4.78 is 0. The molecule has 0 saturated heterocycles. The third-order valence-electron chi connectivity index (χ3n) is 1.67. The van der Waals surface area contributed by atoms with Crippen LogP contribution in [0.15, 0.2) is 30.3 Å². The Morgan fingerprint density at radius 2 is 1.93 bits per heavy atom. The van der Waals surface area contributed by atoms with Crippen molar-refractivity contribution in [1.29, 1.82) is 0 Å². The molecule has 0 aliphatic heterocycles. The minimum atomic E-state index is -0.741. The van der Waals surface area contributed by atoms with Crippen LogP contribution in [0.5, 0.6) is 0 Å². The van der Waals surface area contributed by atoms with Gasteiger partial charge in [-0.05, 0) is 18.6 Å². The van der Waals surface area contributed by atoms with Gasteiger partial charge in [-0.1, -0.05) is 18.2 Å². The third kappa shape index (κ3) is 6.02. The van der Waals surface area contributed by atoms with Crippen molar-refractivity contribution in [3.63, 3.8) is 0 Å². The van der Waals surface area contributed by atoms with Crippen molar-refractivity contribution in [1.82, 2.24) is 0 Å². The van der Waals surface area contributed by atoms with Gasteiger partial charge in [-0.15, -0.1) is 0 Å². The molecule has 0 fully saturated rings. The summed E-state index contributed by atoms with van der Waals surface area (Å²) in [7, 11) is 0. The van der Waals surface area contributed by atoms with Gasteiger partial charge in [-0.3, -0.25) is 4.79 Å². The van der Waals surface area contributed by atoms with E-state index < -0.39 is 5.97 Å².